The summed E-state index contributed by atoms with van der Waals surface area (Å²) in [6.45, 7) is 0.704. The molecule has 0 saturated carbocycles. The predicted molar refractivity (Wildman–Crippen MR) is 109 cm³/mol. The average Bonchev–Trinajstić information content (AvgIpc) is 2.99. The standard InChI is InChI=1S/C21H18F2N4O3/c1-26-18-10-24-17-4-3-12(13-8-15(22)19(25-11-28)16(23)9-13)7-14(17)20(18)27(21(26)29)5-6-30-2/h3-4,7-11H,5-6H2,1-2H3,(H,25,28). The van der Waals surface area contributed by atoms with E-state index in [1.807, 2.05) is 5.32 Å². The number of nitrogens with zero attached hydrogens (tertiary/aromatic N) is 3. The number of hydrogen-bond acceptors (Lipinski definition) is 4. The Labute approximate surface area is 169 Å². The number of carbonyl (C=O) groups excluding carboxylic acids is 1. The highest BCUT2D eigenvalue weighted by Crippen LogP contribution is 2.31. The van der Waals surface area contributed by atoms with Gasteiger partial charge in [0.15, 0.2) is 0 Å². The highest BCUT2D eigenvalue weighted by atomic mass is 19.1. The quantitative estimate of drug-likeness (QED) is 0.494. The molecule has 30 heavy (non-hydrogen) atoms. The second kappa shape index (κ2) is 7.68. The van der Waals surface area contributed by atoms with Gasteiger partial charge in [0.25, 0.3) is 0 Å². The highest BCUT2D eigenvalue weighted by Gasteiger charge is 2.16. The number of aryl methyl sites for hydroxylation is 1. The molecule has 0 saturated heterocycles. The first-order chi connectivity index (χ1) is 14.5. The molecule has 0 radical (unpaired) electrons. The van der Waals surface area contributed by atoms with E-state index in [0.29, 0.717) is 46.2 Å². The van der Waals surface area contributed by atoms with Crippen LogP contribution >= 0.6 is 0 Å². The molecule has 4 rings (SSSR count). The first kappa shape index (κ1) is 19.7. The summed E-state index contributed by atoms with van der Waals surface area (Å²) in [7, 11) is 3.22. The van der Waals surface area contributed by atoms with Crippen LogP contribution in [0.3, 0.4) is 0 Å². The summed E-state index contributed by atoms with van der Waals surface area (Å²) in [4.78, 5) is 27.7. The van der Waals surface area contributed by atoms with E-state index in [9.17, 15) is 18.4 Å². The van der Waals surface area contributed by atoms with Crippen molar-refractivity contribution in [2.45, 2.75) is 6.54 Å². The number of fused-ring (bicyclic) bond motifs is 3. The molecule has 2 heterocycles. The fourth-order valence-electron chi connectivity index (χ4n) is 3.58. The first-order valence-electron chi connectivity index (χ1n) is 9.12. The molecule has 2 aromatic heterocycles. The molecule has 0 spiro atoms. The Hall–Kier alpha value is -3.59. The van der Waals surface area contributed by atoms with Gasteiger partial charge in [-0.2, -0.15) is 0 Å². The minimum absolute atomic E-state index is 0.205. The number of rotatable bonds is 6. The normalized spacial score (nSPS) is 11.3. The van der Waals surface area contributed by atoms with E-state index in [0.717, 1.165) is 12.1 Å². The summed E-state index contributed by atoms with van der Waals surface area (Å²) in [6, 6.07) is 7.46. The van der Waals surface area contributed by atoms with Crippen molar-refractivity contribution in [2.75, 3.05) is 19.0 Å². The summed E-state index contributed by atoms with van der Waals surface area (Å²) < 4.78 is 36.8. The van der Waals surface area contributed by atoms with Crippen LogP contribution in [0, 0.1) is 11.6 Å². The van der Waals surface area contributed by atoms with Gasteiger partial charge in [0.1, 0.15) is 17.3 Å². The van der Waals surface area contributed by atoms with E-state index >= 15 is 0 Å². The zero-order valence-corrected chi connectivity index (χ0v) is 16.3. The van der Waals surface area contributed by atoms with E-state index in [4.69, 9.17) is 4.74 Å². The maximum absolute atomic E-state index is 14.3. The Morgan fingerprint density at radius 1 is 1.17 bits per heavy atom. The molecule has 7 nitrogen and oxygen atoms in total. The number of pyridine rings is 1. The third-order valence-corrected chi connectivity index (χ3v) is 5.07. The van der Waals surface area contributed by atoms with Gasteiger partial charge in [-0.05, 0) is 35.4 Å². The fourth-order valence-corrected chi connectivity index (χ4v) is 3.58. The number of nitrogens with one attached hydrogen (secondary N) is 1. The minimum atomic E-state index is -0.884. The molecular formula is C21H18F2N4O3. The summed E-state index contributed by atoms with van der Waals surface area (Å²) in [5, 5.41) is 2.70. The number of aromatic nitrogens is 3. The number of hydrogen-bond donors (Lipinski definition) is 1. The topological polar surface area (TPSA) is 78.2 Å². The van der Waals surface area contributed by atoms with E-state index in [2.05, 4.69) is 4.98 Å². The molecule has 154 valence electrons. The molecular weight excluding hydrogens is 394 g/mol. The number of imidazole rings is 1. The summed E-state index contributed by atoms with van der Waals surface area (Å²) in [5.74, 6) is -1.77. The lowest BCUT2D eigenvalue weighted by atomic mass is 10.0. The molecule has 0 aliphatic rings. The zero-order valence-electron chi connectivity index (χ0n) is 16.3. The molecule has 4 aromatic rings. The first-order valence-corrected chi connectivity index (χ1v) is 9.12. The summed E-state index contributed by atoms with van der Waals surface area (Å²) in [5.41, 5.74) is 2.08. The molecule has 0 bridgehead atoms. The van der Waals surface area contributed by atoms with Crippen LogP contribution < -0.4 is 11.0 Å². The maximum atomic E-state index is 14.3. The molecule has 0 aliphatic carbocycles. The van der Waals surface area contributed by atoms with Crippen LogP contribution in [0.25, 0.3) is 33.1 Å². The molecule has 2 aromatic carbocycles. The van der Waals surface area contributed by atoms with Crippen LogP contribution in [0.15, 0.2) is 41.3 Å². The second-order valence-electron chi connectivity index (χ2n) is 6.79. The summed E-state index contributed by atoms with van der Waals surface area (Å²) >= 11 is 0. The van der Waals surface area contributed by atoms with Crippen LogP contribution in [0.2, 0.25) is 0 Å². The van der Waals surface area contributed by atoms with Gasteiger partial charge in [-0.15, -0.1) is 0 Å². The molecule has 9 heteroatoms. The number of methoxy groups -OCH3 is 1. The number of carbonyl (C=O) groups is 1. The van der Waals surface area contributed by atoms with Crippen LogP contribution in [-0.4, -0.2) is 34.2 Å². The predicted octanol–water partition coefficient (Wildman–Crippen LogP) is 3.05. The van der Waals surface area contributed by atoms with Crippen molar-refractivity contribution < 1.29 is 18.3 Å². The molecule has 0 unspecified atom stereocenters. The van der Waals surface area contributed by atoms with Gasteiger partial charge in [0.05, 0.1) is 35.9 Å². The molecule has 1 N–H and O–H groups in total. The Morgan fingerprint density at radius 2 is 1.90 bits per heavy atom. The smallest absolute Gasteiger partial charge is 0.328 e. The molecule has 0 fully saturated rings. The van der Waals surface area contributed by atoms with Crippen molar-refractivity contribution in [2.24, 2.45) is 7.05 Å². The van der Waals surface area contributed by atoms with Gasteiger partial charge < -0.3 is 10.1 Å². The van der Waals surface area contributed by atoms with Gasteiger partial charge in [0, 0.05) is 19.5 Å². The molecule has 1 amide bonds. The monoisotopic (exact) mass is 412 g/mol. The molecule has 0 aliphatic heterocycles. The Balaban J connectivity index is 1.96. The fraction of sp³-hybridized carbons (Fsp3) is 0.190. The van der Waals surface area contributed by atoms with Crippen molar-refractivity contribution in [1.82, 2.24) is 14.1 Å². The number of anilines is 1. The van der Waals surface area contributed by atoms with E-state index in [1.54, 1.807) is 43.1 Å². The lowest BCUT2D eigenvalue weighted by Gasteiger charge is -2.10. The van der Waals surface area contributed by atoms with E-state index < -0.39 is 17.3 Å². The Bertz CT molecular complexity index is 1320. The SMILES string of the molecule is COCCn1c(=O)n(C)c2cnc3ccc(-c4cc(F)c(NC=O)c(F)c4)cc3c21. The highest BCUT2D eigenvalue weighted by molar-refractivity contribution is 6.04. The van der Waals surface area contributed by atoms with E-state index in [-0.39, 0.29) is 12.1 Å². The van der Waals surface area contributed by atoms with Crippen LogP contribution in [-0.2, 0) is 23.1 Å². The van der Waals surface area contributed by atoms with Gasteiger partial charge in [-0.3, -0.25) is 18.9 Å². The second-order valence-corrected chi connectivity index (χ2v) is 6.79. The Morgan fingerprint density at radius 3 is 2.57 bits per heavy atom. The van der Waals surface area contributed by atoms with Crippen LogP contribution in [0.4, 0.5) is 14.5 Å². The Kier molecular flexibility index (Phi) is 5.04. The largest absolute Gasteiger partial charge is 0.383 e. The van der Waals surface area contributed by atoms with Crippen LogP contribution in [0.5, 0.6) is 0 Å². The van der Waals surface area contributed by atoms with Crippen molar-refractivity contribution in [3.8, 4) is 11.1 Å². The number of benzene rings is 2. The van der Waals surface area contributed by atoms with Crippen molar-refractivity contribution >= 4 is 34.0 Å². The van der Waals surface area contributed by atoms with Crippen molar-refractivity contribution in [3.63, 3.8) is 0 Å². The number of halogens is 2. The number of amides is 1. The lowest BCUT2D eigenvalue weighted by molar-refractivity contribution is -0.105. The van der Waals surface area contributed by atoms with Gasteiger partial charge in [0.2, 0.25) is 6.41 Å². The van der Waals surface area contributed by atoms with Crippen molar-refractivity contribution in [1.29, 1.82) is 0 Å². The van der Waals surface area contributed by atoms with Gasteiger partial charge in [-0.25, -0.2) is 13.6 Å². The maximum Gasteiger partial charge on any atom is 0.328 e. The van der Waals surface area contributed by atoms with Gasteiger partial charge in [-0.1, -0.05) is 6.07 Å². The zero-order chi connectivity index (χ0) is 21.4. The summed E-state index contributed by atoms with van der Waals surface area (Å²) in [6.07, 6.45) is 1.84. The third-order valence-electron chi connectivity index (χ3n) is 5.07. The minimum Gasteiger partial charge on any atom is -0.383 e. The van der Waals surface area contributed by atoms with Crippen LogP contribution in [0.1, 0.15) is 0 Å². The van der Waals surface area contributed by atoms with Crippen molar-refractivity contribution in [3.05, 3.63) is 58.6 Å². The third kappa shape index (κ3) is 3.13. The van der Waals surface area contributed by atoms with E-state index in [1.165, 1.54) is 4.57 Å². The lowest BCUT2D eigenvalue weighted by Crippen LogP contribution is -2.23. The average molecular weight is 412 g/mol. The molecule has 0 atom stereocenters. The number of ether oxygens (including phenoxy) is 1. The van der Waals surface area contributed by atoms with Gasteiger partial charge >= 0.3 is 5.69 Å².